The van der Waals surface area contributed by atoms with Crippen molar-refractivity contribution in [1.29, 1.82) is 0 Å². The molecule has 0 saturated heterocycles. The van der Waals surface area contributed by atoms with Gasteiger partial charge in [0.05, 0.1) is 0 Å². The highest BCUT2D eigenvalue weighted by Gasteiger charge is 2.40. The fraction of sp³-hybridized carbons (Fsp3) is 0.105. The van der Waals surface area contributed by atoms with Crippen molar-refractivity contribution in [3.8, 4) is 0 Å². The van der Waals surface area contributed by atoms with Gasteiger partial charge in [0, 0.05) is 10.7 Å². The van der Waals surface area contributed by atoms with Crippen molar-refractivity contribution < 1.29 is 4.79 Å². The van der Waals surface area contributed by atoms with Crippen molar-refractivity contribution in [3.63, 3.8) is 0 Å². The van der Waals surface area contributed by atoms with Crippen LogP contribution in [0.3, 0.4) is 0 Å². The van der Waals surface area contributed by atoms with Crippen molar-refractivity contribution in [2.24, 2.45) is 0 Å². The lowest BCUT2D eigenvalue weighted by Crippen LogP contribution is -2.16. The van der Waals surface area contributed by atoms with Gasteiger partial charge in [-0.15, -0.1) is 23.5 Å². The lowest BCUT2D eigenvalue weighted by atomic mass is 10.0. The topological polar surface area (TPSA) is 17.1 Å². The average Bonchev–Trinajstić information content (AvgIpc) is 3.07. The number of thioether (sulfide) groups is 3. The molecule has 2 aromatic rings. The molecule has 1 heterocycles. The number of carbonyl (C=O) groups excluding carboxylic acids is 1. The molecule has 0 spiro atoms. The Balaban J connectivity index is 1.89. The third-order valence-electron chi connectivity index (χ3n) is 3.46. The van der Waals surface area contributed by atoms with Gasteiger partial charge in [-0.1, -0.05) is 79.0 Å². The van der Waals surface area contributed by atoms with Crippen LogP contribution in [-0.2, 0) is 8.87 Å². The first-order valence-electron chi connectivity index (χ1n) is 7.21. The summed E-state index contributed by atoms with van der Waals surface area (Å²) >= 11 is 4.95. The van der Waals surface area contributed by atoms with E-state index in [1.165, 1.54) is 33.9 Å². The summed E-state index contributed by atoms with van der Waals surface area (Å²) in [6, 6.07) is 21.1. The van der Waals surface area contributed by atoms with Crippen molar-refractivity contribution in [3.05, 3.63) is 94.8 Å². The summed E-state index contributed by atoms with van der Waals surface area (Å²) in [5.74, 6) is 0.698. The molecule has 23 heavy (non-hydrogen) atoms. The van der Waals surface area contributed by atoms with Crippen LogP contribution in [0.25, 0.3) is 0 Å². The van der Waals surface area contributed by atoms with Gasteiger partial charge in [-0.25, -0.2) is 0 Å². The molecule has 1 aliphatic rings. The van der Waals surface area contributed by atoms with Gasteiger partial charge in [0.1, 0.15) is 4.08 Å². The Bertz CT molecular complexity index is 683. The highest BCUT2D eigenvalue weighted by atomic mass is 32.2. The standard InChI is InChI=1S/C19H16OS3/c1-2-18(20)21-13-17-14-22-19(23-17,15-9-5-3-6-10-15)16-11-7-4-8-12-16/h2-12,14H,1,13H2. The van der Waals surface area contributed by atoms with Crippen LogP contribution in [0.5, 0.6) is 0 Å². The number of benzene rings is 2. The summed E-state index contributed by atoms with van der Waals surface area (Å²) in [5, 5.41) is 2.21. The largest absolute Gasteiger partial charge is 0.282 e. The van der Waals surface area contributed by atoms with E-state index < -0.39 is 0 Å². The van der Waals surface area contributed by atoms with E-state index in [4.69, 9.17) is 0 Å². The van der Waals surface area contributed by atoms with Gasteiger partial charge in [0.15, 0.2) is 0 Å². The second kappa shape index (κ2) is 7.47. The van der Waals surface area contributed by atoms with Gasteiger partial charge in [-0.2, -0.15) is 0 Å². The molecule has 0 aliphatic carbocycles. The first-order chi connectivity index (χ1) is 11.2. The van der Waals surface area contributed by atoms with E-state index in [0.717, 1.165) is 0 Å². The molecule has 0 bridgehead atoms. The SMILES string of the molecule is C=CC(=O)SCC1=CSC(c2ccccc2)(c2ccccc2)S1. The van der Waals surface area contributed by atoms with Crippen LogP contribution >= 0.6 is 35.3 Å². The van der Waals surface area contributed by atoms with Gasteiger partial charge < -0.3 is 0 Å². The average molecular weight is 357 g/mol. The zero-order chi connectivity index (χ0) is 16.1. The minimum atomic E-state index is -0.171. The molecule has 0 amide bonds. The molecular formula is C19H16OS3. The predicted octanol–water partition coefficient (Wildman–Crippen LogP) is 5.65. The highest BCUT2D eigenvalue weighted by Crippen LogP contribution is 2.60. The summed E-state index contributed by atoms with van der Waals surface area (Å²) in [6.07, 6.45) is 1.37. The Kier molecular flexibility index (Phi) is 5.36. The van der Waals surface area contributed by atoms with E-state index >= 15 is 0 Å². The number of carbonyl (C=O) groups is 1. The lowest BCUT2D eigenvalue weighted by molar-refractivity contribution is -0.107. The molecule has 1 aliphatic heterocycles. The summed E-state index contributed by atoms with van der Waals surface area (Å²) in [6.45, 7) is 3.53. The molecule has 0 saturated carbocycles. The van der Waals surface area contributed by atoms with E-state index in [9.17, 15) is 4.79 Å². The van der Waals surface area contributed by atoms with E-state index in [1.807, 2.05) is 35.7 Å². The molecule has 116 valence electrons. The molecule has 3 rings (SSSR count). The van der Waals surface area contributed by atoms with Crippen LogP contribution in [0.4, 0.5) is 0 Å². The third kappa shape index (κ3) is 3.60. The van der Waals surface area contributed by atoms with Gasteiger partial charge in [-0.3, -0.25) is 4.79 Å². The fourth-order valence-corrected chi connectivity index (χ4v) is 6.18. The maximum atomic E-state index is 11.5. The molecule has 0 aromatic heterocycles. The van der Waals surface area contributed by atoms with Gasteiger partial charge >= 0.3 is 0 Å². The fourth-order valence-electron chi connectivity index (χ4n) is 2.38. The van der Waals surface area contributed by atoms with Crippen LogP contribution in [0, 0.1) is 0 Å². The van der Waals surface area contributed by atoms with Crippen molar-refractivity contribution in [1.82, 2.24) is 0 Å². The van der Waals surface area contributed by atoms with Crippen molar-refractivity contribution in [2.45, 2.75) is 4.08 Å². The summed E-state index contributed by atoms with van der Waals surface area (Å²) in [4.78, 5) is 12.7. The molecular weight excluding hydrogens is 340 g/mol. The summed E-state index contributed by atoms with van der Waals surface area (Å²) < 4.78 is -0.171. The van der Waals surface area contributed by atoms with Crippen LogP contribution < -0.4 is 0 Å². The molecule has 0 unspecified atom stereocenters. The zero-order valence-corrected chi connectivity index (χ0v) is 14.9. The zero-order valence-electron chi connectivity index (χ0n) is 12.5. The van der Waals surface area contributed by atoms with Crippen molar-refractivity contribution in [2.75, 3.05) is 5.75 Å². The molecule has 2 aromatic carbocycles. The van der Waals surface area contributed by atoms with E-state index in [0.29, 0.717) is 5.75 Å². The van der Waals surface area contributed by atoms with Crippen molar-refractivity contribution >= 4 is 40.4 Å². The van der Waals surface area contributed by atoms with Gasteiger partial charge in [0.2, 0.25) is 5.12 Å². The lowest BCUT2D eigenvalue weighted by Gasteiger charge is -2.29. The second-order valence-corrected chi connectivity index (χ2v) is 8.63. The Morgan fingerprint density at radius 3 is 2.13 bits per heavy atom. The highest BCUT2D eigenvalue weighted by molar-refractivity contribution is 8.24. The second-order valence-electron chi connectivity index (χ2n) is 4.96. The van der Waals surface area contributed by atoms with Gasteiger partial charge in [0.25, 0.3) is 0 Å². The number of rotatable bonds is 5. The Labute approximate surface area is 149 Å². The third-order valence-corrected chi connectivity index (χ3v) is 7.73. The summed E-state index contributed by atoms with van der Waals surface area (Å²) in [5.41, 5.74) is 2.54. The van der Waals surface area contributed by atoms with Crippen LogP contribution in [0.15, 0.2) is 83.6 Å². The minimum Gasteiger partial charge on any atom is -0.282 e. The Hall–Kier alpha value is -1.36. The first-order valence-corrected chi connectivity index (χ1v) is 9.89. The number of hydrogen-bond acceptors (Lipinski definition) is 4. The Morgan fingerprint density at radius 2 is 1.61 bits per heavy atom. The number of hydrogen-bond donors (Lipinski definition) is 0. The van der Waals surface area contributed by atoms with E-state index in [-0.39, 0.29) is 9.19 Å². The molecule has 0 radical (unpaired) electrons. The maximum absolute atomic E-state index is 11.5. The molecule has 0 atom stereocenters. The minimum absolute atomic E-state index is 0.0217. The smallest absolute Gasteiger partial charge is 0.211 e. The molecule has 0 fully saturated rings. The van der Waals surface area contributed by atoms with E-state index in [2.05, 4.69) is 60.5 Å². The molecule has 1 nitrogen and oxygen atoms in total. The summed E-state index contributed by atoms with van der Waals surface area (Å²) in [7, 11) is 0. The van der Waals surface area contributed by atoms with Gasteiger partial charge in [-0.05, 0) is 22.6 Å². The monoisotopic (exact) mass is 356 g/mol. The molecule has 4 heteroatoms. The normalized spacial score (nSPS) is 15.9. The van der Waals surface area contributed by atoms with Crippen LogP contribution in [-0.4, -0.2) is 10.9 Å². The predicted molar refractivity (Wildman–Crippen MR) is 105 cm³/mol. The van der Waals surface area contributed by atoms with Crippen LogP contribution in [0.1, 0.15) is 11.1 Å². The Morgan fingerprint density at radius 1 is 1.04 bits per heavy atom. The van der Waals surface area contributed by atoms with E-state index in [1.54, 1.807) is 0 Å². The quantitative estimate of drug-likeness (QED) is 0.643. The van der Waals surface area contributed by atoms with Crippen LogP contribution in [0.2, 0.25) is 0 Å². The maximum Gasteiger partial charge on any atom is 0.211 e. The first kappa shape index (κ1) is 16.5. The molecule has 0 N–H and O–H groups in total.